The van der Waals surface area contributed by atoms with Gasteiger partial charge in [0.05, 0.1) is 25.4 Å². The van der Waals surface area contributed by atoms with Gasteiger partial charge in [0.2, 0.25) is 5.88 Å². The largest absolute Gasteiger partial charge is 0.476 e. The normalized spacial score (nSPS) is 13.7. The maximum atomic E-state index is 13.1. The van der Waals surface area contributed by atoms with E-state index in [1.807, 2.05) is 19.1 Å². The number of ketones is 1. The maximum absolute atomic E-state index is 13.1. The number of unbranched alkanes of at least 4 members (excludes halogenated alkanes) is 1. The van der Waals surface area contributed by atoms with Crippen molar-refractivity contribution >= 4 is 11.5 Å². The highest BCUT2D eigenvalue weighted by Crippen LogP contribution is 2.34. The Labute approximate surface area is 219 Å². The number of Topliss-reactive ketones (excluding diaryl/α,β-unsaturated/α-hetero) is 1. The number of nitrogens with zero attached hydrogens (tertiary/aromatic N) is 3. The summed E-state index contributed by atoms with van der Waals surface area (Å²) in [5.74, 6) is 2.69. The number of benzene rings is 1. The van der Waals surface area contributed by atoms with E-state index in [1.54, 1.807) is 12.4 Å². The van der Waals surface area contributed by atoms with Gasteiger partial charge in [0.1, 0.15) is 5.69 Å². The number of halogens is 3. The van der Waals surface area contributed by atoms with Gasteiger partial charge in [-0.15, -0.1) is 12.3 Å². The molecule has 0 radical (unpaired) electrons. The molecular formula is C29H28F3N3O3. The van der Waals surface area contributed by atoms with Crippen LogP contribution in [0, 0.1) is 19.3 Å². The van der Waals surface area contributed by atoms with Gasteiger partial charge in [-0.05, 0) is 43.2 Å². The van der Waals surface area contributed by atoms with Crippen LogP contribution in [-0.2, 0) is 17.3 Å². The summed E-state index contributed by atoms with van der Waals surface area (Å²) < 4.78 is 50.7. The van der Waals surface area contributed by atoms with Crippen LogP contribution in [-0.4, -0.2) is 48.7 Å². The first-order valence-electron chi connectivity index (χ1n) is 12.3. The molecular weight excluding hydrogens is 495 g/mol. The predicted octanol–water partition coefficient (Wildman–Crippen LogP) is 5.53. The van der Waals surface area contributed by atoms with Crippen molar-refractivity contribution in [2.45, 2.75) is 32.4 Å². The number of terminal acetylenes is 1. The summed E-state index contributed by atoms with van der Waals surface area (Å²) >= 11 is 0. The molecule has 198 valence electrons. The Kier molecular flexibility index (Phi) is 8.64. The van der Waals surface area contributed by atoms with Crippen LogP contribution in [0.25, 0.3) is 11.1 Å². The van der Waals surface area contributed by atoms with Crippen LogP contribution >= 0.6 is 0 Å². The molecule has 0 bridgehead atoms. The second-order valence-corrected chi connectivity index (χ2v) is 8.96. The number of aromatic nitrogens is 2. The number of hydrogen-bond acceptors (Lipinski definition) is 6. The van der Waals surface area contributed by atoms with Crippen LogP contribution in [0.4, 0.5) is 18.9 Å². The zero-order valence-electron chi connectivity index (χ0n) is 21.1. The Balaban J connectivity index is 1.60. The molecule has 9 heteroatoms. The van der Waals surface area contributed by atoms with Gasteiger partial charge < -0.3 is 14.4 Å². The van der Waals surface area contributed by atoms with E-state index in [4.69, 9.17) is 15.9 Å². The molecule has 1 aliphatic heterocycles. The van der Waals surface area contributed by atoms with E-state index in [2.05, 4.69) is 20.8 Å². The average Bonchev–Trinajstić information content (AvgIpc) is 2.92. The van der Waals surface area contributed by atoms with Crippen molar-refractivity contribution in [1.29, 1.82) is 0 Å². The molecule has 38 heavy (non-hydrogen) atoms. The number of rotatable bonds is 9. The lowest BCUT2D eigenvalue weighted by atomic mass is 9.98. The monoisotopic (exact) mass is 523 g/mol. The van der Waals surface area contributed by atoms with Crippen molar-refractivity contribution in [2.75, 3.05) is 37.8 Å². The molecule has 1 fully saturated rings. The molecule has 1 aliphatic rings. The lowest BCUT2D eigenvalue weighted by Crippen LogP contribution is -2.36. The van der Waals surface area contributed by atoms with Gasteiger partial charge in [0, 0.05) is 60.7 Å². The van der Waals surface area contributed by atoms with Crippen molar-refractivity contribution in [3.8, 4) is 29.4 Å². The fourth-order valence-electron chi connectivity index (χ4n) is 4.19. The van der Waals surface area contributed by atoms with Gasteiger partial charge in [-0.2, -0.15) is 13.2 Å². The number of morpholine rings is 1. The molecule has 0 saturated carbocycles. The smallest absolute Gasteiger partial charge is 0.416 e. The third-order valence-corrected chi connectivity index (χ3v) is 6.22. The van der Waals surface area contributed by atoms with Crippen LogP contribution in [0.15, 0.2) is 48.8 Å². The lowest BCUT2D eigenvalue weighted by molar-refractivity contribution is -0.137. The first-order valence-corrected chi connectivity index (χ1v) is 12.3. The summed E-state index contributed by atoms with van der Waals surface area (Å²) in [4.78, 5) is 24.0. The van der Waals surface area contributed by atoms with Crippen molar-refractivity contribution < 1.29 is 27.4 Å². The fourth-order valence-corrected chi connectivity index (χ4v) is 4.19. The molecule has 4 rings (SSSR count). The zero-order valence-corrected chi connectivity index (χ0v) is 21.1. The van der Waals surface area contributed by atoms with Gasteiger partial charge in [0.15, 0.2) is 5.78 Å². The van der Waals surface area contributed by atoms with Gasteiger partial charge in [-0.3, -0.25) is 9.78 Å². The van der Waals surface area contributed by atoms with Crippen LogP contribution in [0.2, 0.25) is 0 Å². The Bertz CT molecular complexity index is 1330. The molecule has 0 N–H and O–H groups in total. The van der Waals surface area contributed by atoms with Crippen molar-refractivity contribution in [2.24, 2.45) is 0 Å². The molecule has 1 saturated heterocycles. The van der Waals surface area contributed by atoms with Crippen molar-refractivity contribution in [3.63, 3.8) is 0 Å². The lowest BCUT2D eigenvalue weighted by Gasteiger charge is -2.30. The molecule has 0 unspecified atom stereocenters. The van der Waals surface area contributed by atoms with Crippen molar-refractivity contribution in [3.05, 3.63) is 71.2 Å². The molecule has 3 aromatic rings. The number of pyridine rings is 2. The molecule has 6 nitrogen and oxygen atoms in total. The minimum Gasteiger partial charge on any atom is -0.476 e. The van der Waals surface area contributed by atoms with E-state index in [9.17, 15) is 18.0 Å². The van der Waals surface area contributed by atoms with E-state index >= 15 is 0 Å². The van der Waals surface area contributed by atoms with Crippen molar-refractivity contribution in [1.82, 2.24) is 9.97 Å². The molecule has 2 aromatic heterocycles. The van der Waals surface area contributed by atoms with E-state index < -0.39 is 17.5 Å². The number of alkyl halides is 3. The van der Waals surface area contributed by atoms with Crippen LogP contribution in [0.5, 0.6) is 5.88 Å². The SMILES string of the molecule is C#CCCCOc1ncc(-c2cc(CC(=O)c3cccc(C(F)(F)F)c3)cnc2C)cc1N1CCOCC1. The topological polar surface area (TPSA) is 64.5 Å². The highest BCUT2D eigenvalue weighted by Gasteiger charge is 2.31. The Morgan fingerprint density at radius 3 is 2.68 bits per heavy atom. The Morgan fingerprint density at radius 1 is 1.16 bits per heavy atom. The van der Waals surface area contributed by atoms with Crippen LogP contribution in [0.3, 0.4) is 0 Å². The number of ether oxygens (including phenoxy) is 2. The summed E-state index contributed by atoms with van der Waals surface area (Å²) in [6, 6.07) is 8.28. The van der Waals surface area contributed by atoms with E-state index in [0.717, 1.165) is 34.6 Å². The van der Waals surface area contributed by atoms with E-state index in [0.29, 0.717) is 57.2 Å². The average molecular weight is 524 g/mol. The first kappa shape index (κ1) is 27.1. The summed E-state index contributed by atoms with van der Waals surface area (Å²) in [5, 5.41) is 0. The minimum absolute atomic E-state index is 0.00422. The molecule has 0 amide bonds. The molecule has 0 spiro atoms. The second kappa shape index (κ2) is 12.1. The predicted molar refractivity (Wildman–Crippen MR) is 138 cm³/mol. The number of anilines is 1. The summed E-state index contributed by atoms with van der Waals surface area (Å²) in [6.45, 7) is 4.86. The number of aryl methyl sites for hydroxylation is 1. The highest BCUT2D eigenvalue weighted by atomic mass is 19.4. The third-order valence-electron chi connectivity index (χ3n) is 6.22. The van der Waals surface area contributed by atoms with E-state index in [1.165, 1.54) is 12.1 Å². The summed E-state index contributed by atoms with van der Waals surface area (Å²) in [6.07, 6.45) is 5.34. The van der Waals surface area contributed by atoms with Gasteiger partial charge in [-0.1, -0.05) is 12.1 Å². The van der Waals surface area contributed by atoms with Gasteiger partial charge >= 0.3 is 6.18 Å². The van der Waals surface area contributed by atoms with Gasteiger partial charge in [0.25, 0.3) is 0 Å². The first-order chi connectivity index (χ1) is 18.3. The van der Waals surface area contributed by atoms with E-state index in [-0.39, 0.29) is 12.0 Å². The van der Waals surface area contributed by atoms with Gasteiger partial charge in [-0.25, -0.2) is 4.98 Å². The molecule has 3 heterocycles. The van der Waals surface area contributed by atoms with Crippen LogP contribution in [0.1, 0.15) is 40.0 Å². The molecule has 1 aromatic carbocycles. The number of carbonyl (C=O) groups excluding carboxylic acids is 1. The highest BCUT2D eigenvalue weighted by molar-refractivity contribution is 5.97. The quantitative estimate of drug-likeness (QED) is 0.209. The molecule has 0 atom stereocenters. The molecule has 0 aliphatic carbocycles. The Morgan fingerprint density at radius 2 is 1.95 bits per heavy atom. The maximum Gasteiger partial charge on any atom is 0.416 e. The second-order valence-electron chi connectivity index (χ2n) is 8.96. The zero-order chi connectivity index (χ0) is 27.1. The standard InChI is InChI=1S/C29H28F3N3O3/c1-3-4-5-11-38-28-26(35-9-12-37-13-10-35)17-23(19-34-28)25-14-21(18-33-20(25)2)15-27(36)22-7-6-8-24(16-22)29(30,31)32/h1,6-8,14,16-19H,4-5,9-13,15H2,2H3. The minimum atomic E-state index is -4.52. The van der Waals surface area contributed by atoms with Crippen LogP contribution < -0.4 is 9.64 Å². The summed E-state index contributed by atoms with van der Waals surface area (Å²) in [7, 11) is 0. The fraction of sp³-hybridized carbons (Fsp3) is 0.345. The Hall–Kier alpha value is -3.90. The number of hydrogen-bond donors (Lipinski definition) is 0. The third kappa shape index (κ3) is 6.69. The summed E-state index contributed by atoms with van der Waals surface area (Å²) in [5.41, 5.74) is 2.88. The number of carbonyl (C=O) groups is 1.